The highest BCUT2D eigenvalue weighted by Crippen LogP contribution is 2.44. The van der Waals surface area contributed by atoms with Gasteiger partial charge in [-0.3, -0.25) is 0 Å². The van der Waals surface area contributed by atoms with Crippen molar-refractivity contribution in [3.8, 4) is 89.8 Å². The molecular weight excluding hydrogens is 1130 g/mol. The average molecular weight is 1180 g/mol. The number of nitrogens with zero attached hydrogens (tertiary/aromatic N) is 4. The summed E-state index contributed by atoms with van der Waals surface area (Å²) in [5.74, 6) is 1.49. The third-order valence-electron chi connectivity index (χ3n) is 17.4. The van der Waals surface area contributed by atoms with Crippen molar-refractivity contribution in [2.45, 2.75) is 0 Å². The Balaban J connectivity index is 0.000000139. The summed E-state index contributed by atoms with van der Waals surface area (Å²) in [5, 5.41) is 14.8. The standard InChI is InChI=1S/2C42H26N2S/c1-2-11-27(12-3-1)30-14-10-15-32(25-30)41-43-40(39-36-19-8-9-20-38(36)45-42(39)44-41)29-23-21-28(22-24-29)37-26-31-13-4-5-16-33(31)34-17-6-7-18-35(34)37;1-2-9-27(10-3-1)31-12-8-13-34(26-31)41-43-40(39-37-15-6-7-16-38(37)45-42(39)44-41)30-20-17-28(18-21-30)32-23-24-36-33(25-32)22-19-29-11-4-5-14-35(29)36/h2*1-26H. The van der Waals surface area contributed by atoms with Gasteiger partial charge in [0.2, 0.25) is 0 Å². The normalized spacial score (nSPS) is 11.6. The molecule has 0 fully saturated rings. The van der Waals surface area contributed by atoms with Crippen LogP contribution in [-0.4, -0.2) is 19.9 Å². The average Bonchev–Trinajstić information content (AvgIpc) is 1.65. The number of thiophene rings is 2. The van der Waals surface area contributed by atoms with Crippen LogP contribution in [0.3, 0.4) is 0 Å². The smallest absolute Gasteiger partial charge is 0.161 e. The molecule has 0 aliphatic heterocycles. The van der Waals surface area contributed by atoms with E-state index in [-0.39, 0.29) is 0 Å². The van der Waals surface area contributed by atoms with Crippen LogP contribution in [0.2, 0.25) is 0 Å². The van der Waals surface area contributed by atoms with Gasteiger partial charge < -0.3 is 0 Å². The highest BCUT2D eigenvalue weighted by molar-refractivity contribution is 7.26. The molecule has 0 N–H and O–H groups in total. The lowest BCUT2D eigenvalue weighted by Gasteiger charge is -2.12. The molecule has 0 bridgehead atoms. The lowest BCUT2D eigenvalue weighted by molar-refractivity contribution is 1.24. The van der Waals surface area contributed by atoms with Crippen LogP contribution < -0.4 is 0 Å². The van der Waals surface area contributed by atoms with E-state index in [1.807, 2.05) is 12.1 Å². The van der Waals surface area contributed by atoms with Crippen LogP contribution in [0, 0.1) is 0 Å². The largest absolute Gasteiger partial charge is 0.227 e. The minimum absolute atomic E-state index is 0.742. The monoisotopic (exact) mass is 1180 g/mol. The Hall–Kier alpha value is -11.3. The molecule has 0 aliphatic carbocycles. The molecule has 18 aromatic rings. The van der Waals surface area contributed by atoms with E-state index < -0.39 is 0 Å². The zero-order chi connectivity index (χ0) is 59.5. The van der Waals surface area contributed by atoms with Crippen molar-refractivity contribution in [3.63, 3.8) is 0 Å². The summed E-state index contributed by atoms with van der Waals surface area (Å²) in [6.45, 7) is 0. The van der Waals surface area contributed by atoms with Gasteiger partial charge in [0.25, 0.3) is 0 Å². The van der Waals surface area contributed by atoms with Crippen molar-refractivity contribution >= 4 is 106 Å². The van der Waals surface area contributed by atoms with Gasteiger partial charge in [-0.15, -0.1) is 22.7 Å². The number of aromatic nitrogens is 4. The first-order valence-electron chi connectivity index (χ1n) is 30.3. The minimum atomic E-state index is 0.742. The predicted octanol–water partition coefficient (Wildman–Crippen LogP) is 23.6. The van der Waals surface area contributed by atoms with Crippen LogP contribution in [0.25, 0.3) is 173 Å². The number of fused-ring (bicyclic) bond motifs is 12. The topological polar surface area (TPSA) is 51.6 Å². The van der Waals surface area contributed by atoms with Crippen molar-refractivity contribution in [1.29, 1.82) is 0 Å². The molecule has 0 saturated heterocycles. The fraction of sp³-hybridized carbons (Fsp3) is 0. The number of benzene rings is 14. The molecule has 0 spiro atoms. The molecule has 0 aliphatic rings. The molecule has 6 heteroatoms. The minimum Gasteiger partial charge on any atom is -0.227 e. The lowest BCUT2D eigenvalue weighted by Crippen LogP contribution is -1.94. The molecule has 4 heterocycles. The van der Waals surface area contributed by atoms with Crippen LogP contribution in [0.4, 0.5) is 0 Å². The zero-order valence-corrected chi connectivity index (χ0v) is 50.3. The van der Waals surface area contributed by atoms with Crippen molar-refractivity contribution in [2.24, 2.45) is 0 Å². The lowest BCUT2D eigenvalue weighted by atomic mass is 9.92. The van der Waals surface area contributed by atoms with Crippen LogP contribution in [-0.2, 0) is 0 Å². The van der Waals surface area contributed by atoms with Gasteiger partial charge in [-0.2, -0.15) is 0 Å². The van der Waals surface area contributed by atoms with Crippen molar-refractivity contribution < 1.29 is 0 Å². The van der Waals surface area contributed by atoms with Gasteiger partial charge in [0.05, 0.1) is 11.4 Å². The molecule has 0 amide bonds. The summed E-state index contributed by atoms with van der Waals surface area (Å²) in [4.78, 5) is 22.8. The Morgan fingerprint density at radius 2 is 0.567 bits per heavy atom. The Bertz CT molecular complexity index is 5780. The molecule has 0 unspecified atom stereocenters. The van der Waals surface area contributed by atoms with Gasteiger partial charge in [-0.05, 0) is 124 Å². The molecule has 14 aromatic carbocycles. The molecule has 90 heavy (non-hydrogen) atoms. The summed E-state index contributed by atoms with van der Waals surface area (Å²) in [6.07, 6.45) is 0. The summed E-state index contributed by atoms with van der Waals surface area (Å²) in [6, 6.07) is 112. The second-order valence-electron chi connectivity index (χ2n) is 22.8. The molecule has 4 nitrogen and oxygen atoms in total. The van der Waals surface area contributed by atoms with Crippen LogP contribution >= 0.6 is 22.7 Å². The van der Waals surface area contributed by atoms with Gasteiger partial charge in [0.15, 0.2) is 11.6 Å². The highest BCUT2D eigenvalue weighted by atomic mass is 32.1. The fourth-order valence-electron chi connectivity index (χ4n) is 13.0. The molecule has 0 radical (unpaired) electrons. The third-order valence-corrected chi connectivity index (χ3v) is 19.5. The fourth-order valence-corrected chi connectivity index (χ4v) is 15.1. The van der Waals surface area contributed by atoms with E-state index >= 15 is 0 Å². The molecule has 18 rings (SSSR count). The second-order valence-corrected chi connectivity index (χ2v) is 24.9. The number of rotatable bonds is 8. The Kier molecular flexibility index (Phi) is 13.2. The summed E-state index contributed by atoms with van der Waals surface area (Å²) in [7, 11) is 0. The molecule has 0 atom stereocenters. The number of hydrogen-bond acceptors (Lipinski definition) is 6. The van der Waals surface area contributed by atoms with Crippen molar-refractivity contribution in [2.75, 3.05) is 0 Å². The van der Waals surface area contributed by atoms with Crippen LogP contribution in [0.5, 0.6) is 0 Å². The van der Waals surface area contributed by atoms with Gasteiger partial charge in [-0.1, -0.05) is 279 Å². The quantitative estimate of drug-likeness (QED) is 0.142. The molecule has 4 aromatic heterocycles. The first kappa shape index (κ1) is 53.0. The van der Waals surface area contributed by atoms with Crippen molar-refractivity contribution in [3.05, 3.63) is 315 Å². The maximum absolute atomic E-state index is 5.29. The van der Waals surface area contributed by atoms with Gasteiger partial charge in [0.1, 0.15) is 9.66 Å². The van der Waals surface area contributed by atoms with E-state index in [0.717, 1.165) is 76.9 Å². The van der Waals surface area contributed by atoms with Gasteiger partial charge in [-0.25, -0.2) is 19.9 Å². The van der Waals surface area contributed by atoms with E-state index in [4.69, 9.17) is 19.9 Å². The maximum Gasteiger partial charge on any atom is 0.161 e. The Labute approximate surface area is 528 Å². The van der Waals surface area contributed by atoms with Crippen LogP contribution in [0.1, 0.15) is 0 Å². The van der Waals surface area contributed by atoms with Crippen LogP contribution in [0.15, 0.2) is 315 Å². The third kappa shape index (κ3) is 9.63. The first-order valence-corrected chi connectivity index (χ1v) is 32.0. The summed E-state index contributed by atoms with van der Waals surface area (Å²) >= 11 is 3.46. The van der Waals surface area contributed by atoms with E-state index in [9.17, 15) is 0 Å². The van der Waals surface area contributed by atoms with Crippen molar-refractivity contribution in [1.82, 2.24) is 19.9 Å². The van der Waals surface area contributed by atoms with E-state index in [0.29, 0.717) is 0 Å². The van der Waals surface area contributed by atoms with Gasteiger partial charge in [0, 0.05) is 53.2 Å². The first-order chi connectivity index (χ1) is 44.6. The molecule has 0 saturated carbocycles. The summed E-state index contributed by atoms with van der Waals surface area (Å²) in [5.41, 5.74) is 15.6. The Morgan fingerprint density at radius 3 is 1.13 bits per heavy atom. The number of hydrogen-bond donors (Lipinski definition) is 0. The summed E-state index contributed by atoms with van der Waals surface area (Å²) < 4.78 is 2.44. The van der Waals surface area contributed by atoms with E-state index in [1.54, 1.807) is 22.7 Å². The van der Waals surface area contributed by atoms with E-state index in [2.05, 4.69) is 303 Å². The Morgan fingerprint density at radius 1 is 0.200 bits per heavy atom. The molecular formula is C84H52N4S2. The zero-order valence-electron chi connectivity index (χ0n) is 48.6. The van der Waals surface area contributed by atoms with Gasteiger partial charge >= 0.3 is 0 Å². The highest BCUT2D eigenvalue weighted by Gasteiger charge is 2.20. The van der Waals surface area contributed by atoms with E-state index in [1.165, 1.54) is 96.6 Å². The second kappa shape index (κ2) is 22.5. The maximum atomic E-state index is 5.29. The SMILES string of the molecule is c1ccc(-c2cccc(-c3nc(-c4ccc(-c5cc6ccccc6c6ccccc56)cc4)c4c(n3)sc3ccccc34)c2)cc1.c1ccc(-c2cccc(-c3nc(-c4ccc(-c5ccc6c(ccc7ccccc76)c5)cc4)c4c(n3)sc3ccccc34)c2)cc1. The molecule has 420 valence electrons. The predicted molar refractivity (Wildman–Crippen MR) is 383 cm³/mol.